The second-order valence-electron chi connectivity index (χ2n) is 6.23. The molecule has 0 atom stereocenters. The summed E-state index contributed by atoms with van der Waals surface area (Å²) in [6.45, 7) is 15.1. The van der Waals surface area contributed by atoms with E-state index >= 15 is 0 Å². The van der Waals surface area contributed by atoms with Crippen LogP contribution in [0.2, 0.25) is 0 Å². The molecule has 0 N–H and O–H groups in total. The lowest BCUT2D eigenvalue weighted by Crippen LogP contribution is -2.50. The van der Waals surface area contributed by atoms with E-state index in [0.717, 1.165) is 37.1 Å². The zero-order valence-electron chi connectivity index (χ0n) is 13.7. The van der Waals surface area contributed by atoms with E-state index in [9.17, 15) is 0 Å². The predicted molar refractivity (Wildman–Crippen MR) is 90.3 cm³/mol. The average molecular weight is 302 g/mol. The number of benzene rings is 1. The van der Waals surface area contributed by atoms with Crippen molar-refractivity contribution in [3.05, 3.63) is 61.2 Å². The first-order chi connectivity index (χ1) is 10.6. The predicted octanol–water partition coefficient (Wildman–Crippen LogP) is 3.53. The molecule has 0 unspecified atom stereocenters. The summed E-state index contributed by atoms with van der Waals surface area (Å²) in [6, 6.07) is 10.6. The molecule has 0 saturated carbocycles. The Morgan fingerprint density at radius 2 is 1.68 bits per heavy atom. The average Bonchev–Trinajstić information content (AvgIpc) is 2.94. The smallest absolute Gasteiger partial charge is 0.171 e. The summed E-state index contributed by atoms with van der Waals surface area (Å²) in [6.07, 6.45) is 4.89. The van der Waals surface area contributed by atoms with Gasteiger partial charge in [0.15, 0.2) is 5.79 Å². The fourth-order valence-electron chi connectivity index (χ4n) is 3.13. The third kappa shape index (κ3) is 4.54. The molecule has 0 aliphatic carbocycles. The van der Waals surface area contributed by atoms with Crippen LogP contribution in [-0.2, 0) is 16.0 Å². The SMILES string of the molecule is C=CC[N+](CC=C)(CCC1(C)OCCO1)Cc1ccccc1. The Balaban J connectivity index is 2.12. The minimum atomic E-state index is -0.442. The molecule has 0 bridgehead atoms. The van der Waals surface area contributed by atoms with Gasteiger partial charge in [0.25, 0.3) is 0 Å². The van der Waals surface area contributed by atoms with E-state index in [-0.39, 0.29) is 0 Å². The molecule has 1 heterocycles. The summed E-state index contributed by atoms with van der Waals surface area (Å²) in [4.78, 5) is 0. The van der Waals surface area contributed by atoms with Gasteiger partial charge in [-0.2, -0.15) is 0 Å². The Morgan fingerprint density at radius 1 is 1.09 bits per heavy atom. The van der Waals surface area contributed by atoms with Crippen LogP contribution in [0.4, 0.5) is 0 Å². The maximum absolute atomic E-state index is 5.76. The molecule has 3 nitrogen and oxygen atoms in total. The molecule has 1 aliphatic heterocycles. The van der Waals surface area contributed by atoms with Gasteiger partial charge in [-0.25, -0.2) is 0 Å². The third-order valence-electron chi connectivity index (χ3n) is 4.33. The Kier molecular flexibility index (Phi) is 5.95. The maximum Gasteiger partial charge on any atom is 0.171 e. The summed E-state index contributed by atoms with van der Waals surface area (Å²) in [5, 5.41) is 0. The Hall–Kier alpha value is -1.42. The van der Waals surface area contributed by atoms with Crippen LogP contribution in [0.25, 0.3) is 0 Å². The highest BCUT2D eigenvalue weighted by atomic mass is 16.7. The van der Waals surface area contributed by atoms with Crippen molar-refractivity contribution in [3.63, 3.8) is 0 Å². The number of rotatable bonds is 9. The summed E-state index contributed by atoms with van der Waals surface area (Å²) in [7, 11) is 0. The summed E-state index contributed by atoms with van der Waals surface area (Å²) < 4.78 is 12.4. The lowest BCUT2D eigenvalue weighted by molar-refractivity contribution is -0.931. The summed E-state index contributed by atoms with van der Waals surface area (Å²) >= 11 is 0. The molecule has 0 radical (unpaired) electrons. The van der Waals surface area contributed by atoms with Gasteiger partial charge in [0.2, 0.25) is 0 Å². The van der Waals surface area contributed by atoms with Crippen molar-refractivity contribution in [3.8, 4) is 0 Å². The highest BCUT2D eigenvalue weighted by Crippen LogP contribution is 2.26. The van der Waals surface area contributed by atoms with Crippen LogP contribution >= 0.6 is 0 Å². The number of nitrogens with zero attached hydrogens (tertiary/aromatic N) is 1. The minimum Gasteiger partial charge on any atom is -0.348 e. The van der Waals surface area contributed by atoms with Crippen molar-refractivity contribution in [2.45, 2.75) is 25.7 Å². The molecule has 0 spiro atoms. The molecule has 120 valence electrons. The number of hydrogen-bond donors (Lipinski definition) is 0. The first kappa shape index (κ1) is 16.9. The normalized spacial score (nSPS) is 17.3. The third-order valence-corrected chi connectivity index (χ3v) is 4.33. The van der Waals surface area contributed by atoms with Gasteiger partial charge in [-0.1, -0.05) is 43.5 Å². The lowest BCUT2D eigenvalue weighted by Gasteiger charge is -2.39. The molecule has 22 heavy (non-hydrogen) atoms. The van der Waals surface area contributed by atoms with Gasteiger partial charge in [0.1, 0.15) is 6.54 Å². The van der Waals surface area contributed by atoms with Crippen LogP contribution in [0.15, 0.2) is 55.6 Å². The van der Waals surface area contributed by atoms with E-state index in [1.54, 1.807) is 0 Å². The van der Waals surface area contributed by atoms with Gasteiger partial charge in [0, 0.05) is 5.56 Å². The highest BCUT2D eigenvalue weighted by Gasteiger charge is 2.35. The van der Waals surface area contributed by atoms with Gasteiger partial charge >= 0.3 is 0 Å². The van der Waals surface area contributed by atoms with Crippen LogP contribution in [-0.4, -0.2) is 43.1 Å². The Labute approximate surface area is 134 Å². The van der Waals surface area contributed by atoms with Crippen molar-refractivity contribution in [1.82, 2.24) is 0 Å². The van der Waals surface area contributed by atoms with E-state index in [2.05, 4.69) is 43.5 Å². The monoisotopic (exact) mass is 302 g/mol. The van der Waals surface area contributed by atoms with Crippen molar-refractivity contribution in [2.75, 3.05) is 32.8 Å². The van der Waals surface area contributed by atoms with Crippen molar-refractivity contribution < 1.29 is 14.0 Å². The van der Waals surface area contributed by atoms with Crippen LogP contribution in [0.3, 0.4) is 0 Å². The van der Waals surface area contributed by atoms with Crippen LogP contribution < -0.4 is 0 Å². The van der Waals surface area contributed by atoms with Crippen molar-refractivity contribution >= 4 is 0 Å². The van der Waals surface area contributed by atoms with Crippen molar-refractivity contribution in [2.24, 2.45) is 0 Å². The van der Waals surface area contributed by atoms with Crippen molar-refractivity contribution in [1.29, 1.82) is 0 Å². The fraction of sp³-hybridized carbons (Fsp3) is 0.474. The fourth-order valence-corrected chi connectivity index (χ4v) is 3.13. The van der Waals surface area contributed by atoms with Gasteiger partial charge in [0.05, 0.1) is 39.3 Å². The first-order valence-electron chi connectivity index (χ1n) is 8.00. The lowest BCUT2D eigenvalue weighted by atomic mass is 10.1. The van der Waals surface area contributed by atoms with Gasteiger partial charge in [-0.05, 0) is 19.1 Å². The molecule has 0 aromatic heterocycles. The zero-order valence-corrected chi connectivity index (χ0v) is 13.7. The van der Waals surface area contributed by atoms with E-state index in [1.165, 1.54) is 5.56 Å². The first-order valence-corrected chi connectivity index (χ1v) is 8.00. The van der Waals surface area contributed by atoms with Gasteiger partial charge in [-0.15, -0.1) is 0 Å². The largest absolute Gasteiger partial charge is 0.348 e. The number of quaternary nitrogens is 1. The van der Waals surface area contributed by atoms with Crippen LogP contribution in [0.1, 0.15) is 18.9 Å². The quantitative estimate of drug-likeness (QED) is 0.513. The second kappa shape index (κ2) is 7.73. The number of ether oxygens (including phenoxy) is 2. The highest BCUT2D eigenvalue weighted by molar-refractivity contribution is 5.13. The maximum atomic E-state index is 5.76. The molecular weight excluding hydrogens is 274 g/mol. The molecular formula is C19H28NO2+. The minimum absolute atomic E-state index is 0.442. The standard InChI is InChI=1S/C19H28NO2/c1-4-12-20(13-5-2,17-18-9-7-6-8-10-18)14-11-19(3)21-15-16-22-19/h4-10H,1-2,11-17H2,3H3/q+1. The second-order valence-corrected chi connectivity index (χ2v) is 6.23. The molecule has 3 heteroatoms. The molecule has 1 aliphatic rings. The van der Waals surface area contributed by atoms with E-state index < -0.39 is 5.79 Å². The zero-order chi connectivity index (χ0) is 15.9. The molecule has 1 aromatic rings. The molecule has 1 fully saturated rings. The van der Waals surface area contributed by atoms with E-state index in [0.29, 0.717) is 13.2 Å². The van der Waals surface area contributed by atoms with Gasteiger partial charge < -0.3 is 14.0 Å². The molecule has 2 rings (SSSR count). The van der Waals surface area contributed by atoms with E-state index in [4.69, 9.17) is 9.47 Å². The topological polar surface area (TPSA) is 18.5 Å². The Bertz CT molecular complexity index is 467. The van der Waals surface area contributed by atoms with Crippen LogP contribution in [0.5, 0.6) is 0 Å². The summed E-state index contributed by atoms with van der Waals surface area (Å²) in [5.41, 5.74) is 1.34. The van der Waals surface area contributed by atoms with Crippen LogP contribution in [0, 0.1) is 0 Å². The van der Waals surface area contributed by atoms with E-state index in [1.807, 2.05) is 19.1 Å². The molecule has 0 amide bonds. The molecule has 1 saturated heterocycles. The summed E-state index contributed by atoms with van der Waals surface area (Å²) in [5.74, 6) is -0.442. The Morgan fingerprint density at radius 3 is 2.23 bits per heavy atom. The van der Waals surface area contributed by atoms with Gasteiger partial charge in [-0.3, -0.25) is 0 Å². The number of hydrogen-bond acceptors (Lipinski definition) is 2. The molecule has 1 aromatic carbocycles.